The summed E-state index contributed by atoms with van der Waals surface area (Å²) in [5.41, 5.74) is 1.89. The Morgan fingerprint density at radius 3 is 2.59 bits per heavy atom. The number of aryl methyl sites for hydroxylation is 1. The van der Waals surface area contributed by atoms with Gasteiger partial charge in [0.15, 0.2) is 0 Å². The zero-order valence-corrected chi connectivity index (χ0v) is 13.1. The maximum Gasteiger partial charge on any atom is 0.252 e. The zero-order valence-electron chi connectivity index (χ0n) is 13.1. The fourth-order valence-electron chi connectivity index (χ4n) is 3.85. The van der Waals surface area contributed by atoms with Crippen LogP contribution in [0.25, 0.3) is 11.0 Å². The van der Waals surface area contributed by atoms with Crippen LogP contribution in [-0.2, 0) is 0 Å². The second-order valence-electron chi connectivity index (χ2n) is 6.58. The van der Waals surface area contributed by atoms with Crippen molar-refractivity contribution in [2.24, 2.45) is 0 Å². The summed E-state index contributed by atoms with van der Waals surface area (Å²) in [5.74, 6) is 0.779. The quantitative estimate of drug-likeness (QED) is 0.855. The van der Waals surface area contributed by atoms with Crippen molar-refractivity contribution in [3.63, 3.8) is 0 Å². The molecule has 4 rings (SSSR count). The van der Waals surface area contributed by atoms with Crippen molar-refractivity contribution in [2.45, 2.75) is 51.5 Å². The van der Waals surface area contributed by atoms with Crippen LogP contribution >= 0.6 is 0 Å². The van der Waals surface area contributed by atoms with Crippen LogP contribution in [0.1, 0.15) is 50.1 Å². The van der Waals surface area contributed by atoms with Crippen molar-refractivity contribution in [3.05, 3.63) is 28.2 Å². The smallest absolute Gasteiger partial charge is 0.252 e. The maximum atomic E-state index is 12.6. The first-order chi connectivity index (χ1) is 10.7. The van der Waals surface area contributed by atoms with Gasteiger partial charge in [0.25, 0.3) is 5.56 Å². The third-order valence-corrected chi connectivity index (χ3v) is 5.07. The van der Waals surface area contributed by atoms with Gasteiger partial charge in [-0.25, -0.2) is 4.98 Å². The summed E-state index contributed by atoms with van der Waals surface area (Å²) < 4.78 is 1.93. The van der Waals surface area contributed by atoms with E-state index in [-0.39, 0.29) is 5.56 Å². The molecule has 0 unspecified atom stereocenters. The molecule has 22 heavy (non-hydrogen) atoms. The Morgan fingerprint density at radius 2 is 1.86 bits per heavy atom. The summed E-state index contributed by atoms with van der Waals surface area (Å²) in [6.07, 6.45) is 8.88. The van der Waals surface area contributed by atoms with E-state index in [9.17, 15) is 4.79 Å². The number of anilines is 1. The van der Waals surface area contributed by atoms with E-state index in [0.717, 1.165) is 48.5 Å². The van der Waals surface area contributed by atoms with Crippen LogP contribution in [0.5, 0.6) is 0 Å². The lowest BCUT2D eigenvalue weighted by atomic mass is 10.1. The summed E-state index contributed by atoms with van der Waals surface area (Å²) in [4.78, 5) is 24.1. The Bertz CT molecular complexity index is 755. The van der Waals surface area contributed by atoms with Gasteiger partial charge in [0.2, 0.25) is 5.95 Å². The molecule has 0 aromatic carbocycles. The van der Waals surface area contributed by atoms with Crippen LogP contribution in [0.2, 0.25) is 0 Å². The lowest BCUT2D eigenvalue weighted by Gasteiger charge is -2.20. The number of pyridine rings is 1. The molecule has 0 atom stereocenters. The van der Waals surface area contributed by atoms with E-state index < -0.39 is 0 Å². The minimum atomic E-state index is 0.0861. The molecule has 0 radical (unpaired) electrons. The minimum absolute atomic E-state index is 0.0861. The van der Waals surface area contributed by atoms with Crippen molar-refractivity contribution in [2.75, 3.05) is 18.0 Å². The molecule has 1 saturated heterocycles. The standard InChI is InChI=1S/C17H22N4O/c1-12-10-15(22)21(13-6-2-3-7-13)16-14(12)11-18-17(19-16)20-8-4-5-9-20/h10-11,13H,2-9H2,1H3. The second-order valence-corrected chi connectivity index (χ2v) is 6.58. The van der Waals surface area contributed by atoms with Crippen LogP contribution in [0.3, 0.4) is 0 Å². The number of nitrogens with zero attached hydrogens (tertiary/aromatic N) is 4. The molecule has 0 spiro atoms. The number of hydrogen-bond donors (Lipinski definition) is 0. The van der Waals surface area contributed by atoms with Gasteiger partial charge in [-0.2, -0.15) is 4.98 Å². The van der Waals surface area contributed by atoms with Crippen LogP contribution in [-0.4, -0.2) is 27.6 Å². The van der Waals surface area contributed by atoms with E-state index in [1.807, 2.05) is 17.7 Å². The van der Waals surface area contributed by atoms with E-state index in [1.54, 1.807) is 6.07 Å². The first kappa shape index (κ1) is 13.7. The van der Waals surface area contributed by atoms with Gasteiger partial charge in [-0.1, -0.05) is 12.8 Å². The maximum absolute atomic E-state index is 12.6. The molecule has 116 valence electrons. The molecule has 3 heterocycles. The Labute approximate surface area is 130 Å². The summed E-state index contributed by atoms with van der Waals surface area (Å²) in [5, 5.41) is 1.01. The highest BCUT2D eigenvalue weighted by Crippen LogP contribution is 2.31. The van der Waals surface area contributed by atoms with E-state index in [4.69, 9.17) is 4.98 Å². The highest BCUT2D eigenvalue weighted by molar-refractivity contribution is 5.79. The molecule has 0 bridgehead atoms. The van der Waals surface area contributed by atoms with Gasteiger partial charge < -0.3 is 4.90 Å². The van der Waals surface area contributed by atoms with Crippen molar-refractivity contribution in [1.29, 1.82) is 0 Å². The third kappa shape index (κ3) is 2.19. The highest BCUT2D eigenvalue weighted by Gasteiger charge is 2.22. The Balaban J connectivity index is 1.91. The average Bonchev–Trinajstić information content (AvgIpc) is 3.20. The number of fused-ring (bicyclic) bond motifs is 1. The molecule has 1 aliphatic carbocycles. The second kappa shape index (κ2) is 5.38. The molecular formula is C17H22N4O. The number of aromatic nitrogens is 3. The van der Waals surface area contributed by atoms with Crippen LogP contribution < -0.4 is 10.5 Å². The SMILES string of the molecule is Cc1cc(=O)n(C2CCCC2)c2nc(N3CCCC3)ncc12. The van der Waals surface area contributed by atoms with Gasteiger partial charge >= 0.3 is 0 Å². The molecule has 2 aliphatic rings. The largest absolute Gasteiger partial charge is 0.341 e. The molecule has 1 aliphatic heterocycles. The van der Waals surface area contributed by atoms with Gasteiger partial charge in [-0.15, -0.1) is 0 Å². The first-order valence-corrected chi connectivity index (χ1v) is 8.38. The molecule has 0 N–H and O–H groups in total. The fourth-order valence-corrected chi connectivity index (χ4v) is 3.85. The van der Waals surface area contributed by atoms with E-state index in [2.05, 4.69) is 9.88 Å². The molecule has 5 nitrogen and oxygen atoms in total. The molecular weight excluding hydrogens is 276 g/mol. The summed E-state index contributed by atoms with van der Waals surface area (Å²) >= 11 is 0. The van der Waals surface area contributed by atoms with Gasteiger partial charge in [0, 0.05) is 36.8 Å². The highest BCUT2D eigenvalue weighted by atomic mass is 16.1. The van der Waals surface area contributed by atoms with Crippen molar-refractivity contribution >= 4 is 17.0 Å². The minimum Gasteiger partial charge on any atom is -0.341 e. The van der Waals surface area contributed by atoms with Gasteiger partial charge in [0.05, 0.1) is 0 Å². The Kier molecular flexibility index (Phi) is 3.36. The molecule has 2 aromatic heterocycles. The molecule has 2 aromatic rings. The predicted octanol–water partition coefficient (Wildman–Crippen LogP) is 2.82. The van der Waals surface area contributed by atoms with Crippen LogP contribution in [0.4, 0.5) is 5.95 Å². The predicted molar refractivity (Wildman–Crippen MR) is 87.5 cm³/mol. The topological polar surface area (TPSA) is 51.0 Å². The van der Waals surface area contributed by atoms with E-state index in [0.29, 0.717) is 6.04 Å². The molecule has 0 amide bonds. The van der Waals surface area contributed by atoms with Gasteiger partial charge in [-0.05, 0) is 38.2 Å². The fraction of sp³-hybridized carbons (Fsp3) is 0.588. The summed E-state index contributed by atoms with van der Waals surface area (Å²) in [6, 6.07) is 2.04. The average molecular weight is 298 g/mol. The molecule has 5 heteroatoms. The Hall–Kier alpha value is -1.91. The molecule has 2 fully saturated rings. The third-order valence-electron chi connectivity index (χ3n) is 5.07. The van der Waals surface area contributed by atoms with Crippen molar-refractivity contribution in [1.82, 2.24) is 14.5 Å². The monoisotopic (exact) mass is 298 g/mol. The zero-order chi connectivity index (χ0) is 15.1. The lowest BCUT2D eigenvalue weighted by Crippen LogP contribution is -2.26. The molecule has 1 saturated carbocycles. The number of hydrogen-bond acceptors (Lipinski definition) is 4. The van der Waals surface area contributed by atoms with Crippen LogP contribution in [0.15, 0.2) is 17.1 Å². The Morgan fingerprint density at radius 1 is 1.14 bits per heavy atom. The first-order valence-electron chi connectivity index (χ1n) is 8.38. The van der Waals surface area contributed by atoms with Crippen LogP contribution in [0, 0.1) is 6.92 Å². The van der Waals surface area contributed by atoms with Gasteiger partial charge in [0.1, 0.15) is 5.65 Å². The van der Waals surface area contributed by atoms with E-state index >= 15 is 0 Å². The summed E-state index contributed by atoms with van der Waals surface area (Å²) in [6.45, 7) is 4.01. The number of rotatable bonds is 2. The lowest BCUT2D eigenvalue weighted by molar-refractivity contribution is 0.515. The van der Waals surface area contributed by atoms with E-state index in [1.165, 1.54) is 25.7 Å². The summed E-state index contributed by atoms with van der Waals surface area (Å²) in [7, 11) is 0. The van der Waals surface area contributed by atoms with Crippen molar-refractivity contribution in [3.8, 4) is 0 Å². The normalized spacial score (nSPS) is 19.4. The van der Waals surface area contributed by atoms with Crippen molar-refractivity contribution < 1.29 is 0 Å². The van der Waals surface area contributed by atoms with Gasteiger partial charge in [-0.3, -0.25) is 9.36 Å².